The summed E-state index contributed by atoms with van der Waals surface area (Å²) in [6.45, 7) is 0. The van der Waals surface area contributed by atoms with Crippen LogP contribution in [0.1, 0.15) is 0 Å². The molecule has 1 aromatic carbocycles. The van der Waals surface area contributed by atoms with Gasteiger partial charge in [0.1, 0.15) is 17.5 Å². The van der Waals surface area contributed by atoms with Crippen molar-refractivity contribution in [3.63, 3.8) is 0 Å². The maximum Gasteiger partial charge on any atom is 0.223 e. The van der Waals surface area contributed by atoms with Crippen molar-refractivity contribution in [2.24, 2.45) is 5.84 Å². The van der Waals surface area contributed by atoms with Gasteiger partial charge in [-0.1, -0.05) is 11.6 Å². The molecule has 0 amide bonds. The fourth-order valence-electron chi connectivity index (χ4n) is 1.33. The molecule has 0 saturated carbocycles. The summed E-state index contributed by atoms with van der Waals surface area (Å²) in [6, 6.07) is 5.82. The zero-order valence-electron chi connectivity index (χ0n) is 9.11. The minimum atomic E-state index is -0.527. The van der Waals surface area contributed by atoms with Crippen LogP contribution in [0.5, 0.6) is 0 Å². The molecule has 0 radical (unpaired) electrons. The van der Waals surface area contributed by atoms with Gasteiger partial charge in [-0.2, -0.15) is 9.97 Å². The number of rotatable bonds is 3. The molecule has 8 heteroatoms. The molecule has 0 unspecified atom stereocenters. The van der Waals surface area contributed by atoms with E-state index < -0.39 is 5.82 Å². The first-order valence-electron chi connectivity index (χ1n) is 4.92. The van der Waals surface area contributed by atoms with Crippen LogP contribution in [0, 0.1) is 5.82 Å². The number of nitrogen functional groups attached to an aromatic ring is 2. The normalized spacial score (nSPS) is 10.2. The summed E-state index contributed by atoms with van der Waals surface area (Å²) >= 11 is 5.58. The van der Waals surface area contributed by atoms with Gasteiger partial charge in [0.15, 0.2) is 0 Å². The Bertz CT molecular complexity index is 576. The van der Waals surface area contributed by atoms with Crippen LogP contribution in [0.2, 0.25) is 5.02 Å². The van der Waals surface area contributed by atoms with E-state index in [0.717, 1.165) is 0 Å². The van der Waals surface area contributed by atoms with Crippen molar-refractivity contribution in [3.05, 3.63) is 35.1 Å². The third-order valence-electron chi connectivity index (χ3n) is 2.08. The highest BCUT2D eigenvalue weighted by atomic mass is 35.5. The van der Waals surface area contributed by atoms with E-state index in [9.17, 15) is 4.39 Å². The molecular weight excluding hydrogens is 259 g/mol. The van der Waals surface area contributed by atoms with Crippen molar-refractivity contribution in [2.45, 2.75) is 0 Å². The van der Waals surface area contributed by atoms with Crippen LogP contribution in [-0.4, -0.2) is 9.97 Å². The van der Waals surface area contributed by atoms with Gasteiger partial charge in [-0.15, -0.1) is 0 Å². The largest absolute Gasteiger partial charge is 0.368 e. The summed E-state index contributed by atoms with van der Waals surface area (Å²) in [7, 11) is 0. The summed E-state index contributed by atoms with van der Waals surface area (Å²) in [4.78, 5) is 7.75. The summed E-state index contributed by atoms with van der Waals surface area (Å²) in [5.74, 6) is 5.47. The van der Waals surface area contributed by atoms with E-state index in [0.29, 0.717) is 17.3 Å². The summed E-state index contributed by atoms with van der Waals surface area (Å²) in [5, 5.41) is 2.91. The number of hydrogen-bond acceptors (Lipinski definition) is 6. The van der Waals surface area contributed by atoms with Gasteiger partial charge in [0.25, 0.3) is 0 Å². The van der Waals surface area contributed by atoms with Gasteiger partial charge in [0, 0.05) is 11.8 Å². The van der Waals surface area contributed by atoms with Gasteiger partial charge < -0.3 is 16.5 Å². The lowest BCUT2D eigenvalue weighted by molar-refractivity contribution is 0.629. The molecule has 0 aliphatic heterocycles. The van der Waals surface area contributed by atoms with E-state index in [1.165, 1.54) is 18.2 Å². The van der Waals surface area contributed by atoms with Crippen LogP contribution >= 0.6 is 11.6 Å². The average Bonchev–Trinajstić information content (AvgIpc) is 2.33. The number of hydrazine groups is 1. The molecule has 0 aliphatic carbocycles. The number of halogens is 2. The fraction of sp³-hybridized carbons (Fsp3) is 0. The van der Waals surface area contributed by atoms with Crippen LogP contribution in [0.3, 0.4) is 0 Å². The molecule has 0 spiro atoms. The lowest BCUT2D eigenvalue weighted by atomic mass is 10.3. The Morgan fingerprint density at radius 3 is 2.56 bits per heavy atom. The van der Waals surface area contributed by atoms with Crippen molar-refractivity contribution in [1.29, 1.82) is 0 Å². The molecule has 0 aliphatic rings. The molecule has 2 aromatic rings. The lowest BCUT2D eigenvalue weighted by Gasteiger charge is -2.08. The Morgan fingerprint density at radius 2 is 1.89 bits per heavy atom. The predicted octanol–water partition coefficient (Wildman–Crippen LogP) is 1.88. The van der Waals surface area contributed by atoms with Gasteiger partial charge in [-0.3, -0.25) is 0 Å². The minimum Gasteiger partial charge on any atom is -0.368 e. The second kappa shape index (κ2) is 5.03. The Hall–Kier alpha value is -2.12. The van der Waals surface area contributed by atoms with Crippen molar-refractivity contribution in [3.8, 4) is 0 Å². The highest BCUT2D eigenvalue weighted by molar-refractivity contribution is 6.30. The second-order valence-electron chi connectivity index (χ2n) is 3.39. The number of hydrogen-bond donors (Lipinski definition) is 4. The highest BCUT2D eigenvalue weighted by Gasteiger charge is 2.04. The van der Waals surface area contributed by atoms with Crippen LogP contribution in [-0.2, 0) is 0 Å². The zero-order chi connectivity index (χ0) is 13.1. The van der Waals surface area contributed by atoms with E-state index in [1.54, 1.807) is 6.07 Å². The van der Waals surface area contributed by atoms with Crippen LogP contribution in [0.4, 0.5) is 27.7 Å². The Morgan fingerprint density at radius 1 is 1.17 bits per heavy atom. The van der Waals surface area contributed by atoms with E-state index >= 15 is 0 Å². The SMILES string of the molecule is NNc1cc(Nc2ccc(Cl)c(F)c2)nc(N)n1. The molecule has 0 fully saturated rings. The Kier molecular flexibility index (Phi) is 3.45. The second-order valence-corrected chi connectivity index (χ2v) is 3.80. The van der Waals surface area contributed by atoms with Gasteiger partial charge in [-0.05, 0) is 18.2 Å². The number of nitrogens with one attached hydrogen (secondary N) is 2. The molecule has 0 bridgehead atoms. The van der Waals surface area contributed by atoms with Crippen molar-refractivity contribution < 1.29 is 4.39 Å². The maximum absolute atomic E-state index is 13.2. The molecule has 1 heterocycles. The number of nitrogens with two attached hydrogens (primary N) is 2. The molecule has 2 rings (SSSR count). The average molecular weight is 269 g/mol. The minimum absolute atomic E-state index is 0.0439. The molecule has 0 saturated heterocycles. The van der Waals surface area contributed by atoms with Gasteiger partial charge in [-0.25, -0.2) is 10.2 Å². The maximum atomic E-state index is 13.2. The standard InChI is InChI=1S/C10H10ClFN6/c11-6-2-1-5(3-7(6)12)15-8-4-9(18-14)17-10(13)16-8/h1-4H,14H2,(H4,13,15,16,17,18). The number of benzene rings is 1. The smallest absolute Gasteiger partial charge is 0.223 e. The topological polar surface area (TPSA) is 102 Å². The van der Waals surface area contributed by atoms with Gasteiger partial charge in [0.05, 0.1) is 5.02 Å². The summed E-state index contributed by atoms with van der Waals surface area (Å²) in [6.07, 6.45) is 0. The number of anilines is 4. The van der Waals surface area contributed by atoms with E-state index in [1.807, 2.05) is 0 Å². The quantitative estimate of drug-likeness (QED) is 0.501. The first kappa shape index (κ1) is 12.3. The van der Waals surface area contributed by atoms with Crippen LogP contribution in [0.25, 0.3) is 0 Å². The number of nitrogens with zero attached hydrogens (tertiary/aromatic N) is 2. The third kappa shape index (κ3) is 2.76. The molecule has 6 nitrogen and oxygen atoms in total. The third-order valence-corrected chi connectivity index (χ3v) is 2.39. The molecular formula is C10H10ClFN6. The highest BCUT2D eigenvalue weighted by Crippen LogP contribution is 2.22. The monoisotopic (exact) mass is 268 g/mol. The van der Waals surface area contributed by atoms with Gasteiger partial charge in [0.2, 0.25) is 5.95 Å². The first-order chi connectivity index (χ1) is 8.58. The van der Waals surface area contributed by atoms with Crippen molar-refractivity contribution in [1.82, 2.24) is 9.97 Å². The predicted molar refractivity (Wildman–Crippen MR) is 68.9 cm³/mol. The summed E-state index contributed by atoms with van der Waals surface area (Å²) in [5.41, 5.74) is 8.32. The van der Waals surface area contributed by atoms with Gasteiger partial charge >= 0.3 is 0 Å². The molecule has 0 atom stereocenters. The lowest BCUT2D eigenvalue weighted by Crippen LogP contribution is -2.11. The van der Waals surface area contributed by atoms with E-state index in [4.69, 9.17) is 23.2 Å². The van der Waals surface area contributed by atoms with E-state index in [-0.39, 0.29) is 11.0 Å². The zero-order valence-corrected chi connectivity index (χ0v) is 9.87. The molecule has 1 aromatic heterocycles. The van der Waals surface area contributed by atoms with Crippen molar-refractivity contribution >= 4 is 34.9 Å². The van der Waals surface area contributed by atoms with Crippen molar-refractivity contribution in [2.75, 3.05) is 16.5 Å². The molecule has 6 N–H and O–H groups in total. The molecule has 94 valence electrons. The Labute approximate surface area is 107 Å². The summed E-state index contributed by atoms with van der Waals surface area (Å²) < 4.78 is 13.2. The van der Waals surface area contributed by atoms with Crippen LogP contribution in [0.15, 0.2) is 24.3 Å². The van der Waals surface area contributed by atoms with Crippen LogP contribution < -0.4 is 22.3 Å². The number of aromatic nitrogens is 2. The first-order valence-corrected chi connectivity index (χ1v) is 5.29. The van der Waals surface area contributed by atoms with E-state index in [2.05, 4.69) is 20.7 Å². The Balaban J connectivity index is 2.27. The fourth-order valence-corrected chi connectivity index (χ4v) is 1.44. The molecule has 18 heavy (non-hydrogen) atoms.